The Labute approximate surface area is 184 Å². The van der Waals surface area contributed by atoms with Gasteiger partial charge in [0.1, 0.15) is 16.9 Å². The van der Waals surface area contributed by atoms with Gasteiger partial charge in [0.25, 0.3) is 5.91 Å². The molecule has 2 amide bonds. The molecule has 2 aromatic rings. The molecule has 1 aliphatic carbocycles. The lowest BCUT2D eigenvalue weighted by Gasteiger charge is -2.19. The number of carbonyl (C=O) groups is 2. The van der Waals surface area contributed by atoms with Gasteiger partial charge in [-0.3, -0.25) is 9.69 Å². The van der Waals surface area contributed by atoms with Crippen LogP contribution in [0.3, 0.4) is 0 Å². The van der Waals surface area contributed by atoms with Crippen molar-refractivity contribution < 1.29 is 19.1 Å². The molecule has 10 heteroatoms. The molecule has 2 aromatic heterocycles. The minimum atomic E-state index is -0.414. The summed E-state index contributed by atoms with van der Waals surface area (Å²) in [5.41, 5.74) is 3.47. The standard InChI is InChI=1S/C21H22ClN5O4/c22-19-16-6-12(5-13(16)1-4-24-19)8-23-3-2-15-10-27(21(29)31-15)14-7-17-20(25-9-14)30-11-18(28)26-17/h1,4,7,9,12,15,23H,2-3,5-6,8,10-11H2,(H,26,28). The van der Waals surface area contributed by atoms with E-state index in [2.05, 4.69) is 20.6 Å². The minimum Gasteiger partial charge on any atom is -0.466 e. The summed E-state index contributed by atoms with van der Waals surface area (Å²) in [6.07, 6.45) is 5.34. The summed E-state index contributed by atoms with van der Waals surface area (Å²) in [5.74, 6) is 0.601. The molecule has 2 atom stereocenters. The number of amides is 2. The maximum absolute atomic E-state index is 12.3. The van der Waals surface area contributed by atoms with Gasteiger partial charge in [-0.15, -0.1) is 0 Å². The Hall–Kier alpha value is -2.91. The average Bonchev–Trinajstić information content (AvgIpc) is 3.34. The van der Waals surface area contributed by atoms with Crippen LogP contribution < -0.4 is 20.3 Å². The molecule has 2 unspecified atom stereocenters. The molecular weight excluding hydrogens is 422 g/mol. The van der Waals surface area contributed by atoms with Gasteiger partial charge < -0.3 is 20.1 Å². The van der Waals surface area contributed by atoms with Gasteiger partial charge >= 0.3 is 6.09 Å². The van der Waals surface area contributed by atoms with E-state index in [4.69, 9.17) is 21.1 Å². The number of pyridine rings is 2. The van der Waals surface area contributed by atoms with Gasteiger partial charge in [0.15, 0.2) is 6.61 Å². The minimum absolute atomic E-state index is 0.0585. The first-order valence-corrected chi connectivity index (χ1v) is 10.7. The van der Waals surface area contributed by atoms with E-state index < -0.39 is 6.09 Å². The first-order valence-electron chi connectivity index (χ1n) is 10.3. The van der Waals surface area contributed by atoms with Crippen molar-refractivity contribution in [3.8, 4) is 5.88 Å². The average molecular weight is 444 g/mol. The van der Waals surface area contributed by atoms with Gasteiger partial charge in [-0.05, 0) is 61.5 Å². The smallest absolute Gasteiger partial charge is 0.414 e. The maximum Gasteiger partial charge on any atom is 0.414 e. The number of ether oxygens (including phenoxy) is 2. The van der Waals surface area contributed by atoms with Crippen LogP contribution in [0, 0.1) is 5.92 Å². The molecule has 0 bridgehead atoms. The van der Waals surface area contributed by atoms with E-state index >= 15 is 0 Å². The number of fused-ring (bicyclic) bond motifs is 2. The third kappa shape index (κ3) is 4.15. The van der Waals surface area contributed by atoms with Crippen LogP contribution in [0.15, 0.2) is 24.5 Å². The van der Waals surface area contributed by atoms with Gasteiger partial charge in [0, 0.05) is 6.20 Å². The molecule has 2 aliphatic heterocycles. The highest BCUT2D eigenvalue weighted by Crippen LogP contribution is 2.32. The van der Waals surface area contributed by atoms with Crippen molar-refractivity contribution >= 4 is 35.0 Å². The Morgan fingerprint density at radius 2 is 2.19 bits per heavy atom. The van der Waals surface area contributed by atoms with Crippen molar-refractivity contribution in [3.05, 3.63) is 40.8 Å². The van der Waals surface area contributed by atoms with E-state index in [9.17, 15) is 9.59 Å². The number of hydrogen-bond donors (Lipinski definition) is 2. The summed E-state index contributed by atoms with van der Waals surface area (Å²) in [4.78, 5) is 33.7. The zero-order chi connectivity index (χ0) is 21.4. The molecule has 9 nitrogen and oxygen atoms in total. The van der Waals surface area contributed by atoms with Crippen molar-refractivity contribution in [3.63, 3.8) is 0 Å². The first kappa shape index (κ1) is 20.0. The van der Waals surface area contributed by atoms with Crippen molar-refractivity contribution in [2.24, 2.45) is 5.92 Å². The second-order valence-corrected chi connectivity index (χ2v) is 8.36. The van der Waals surface area contributed by atoms with Gasteiger partial charge in [0.2, 0.25) is 5.88 Å². The van der Waals surface area contributed by atoms with Crippen LogP contribution in [0.25, 0.3) is 0 Å². The van der Waals surface area contributed by atoms with Crippen molar-refractivity contribution in [1.29, 1.82) is 0 Å². The summed E-state index contributed by atoms with van der Waals surface area (Å²) in [6, 6.07) is 3.72. The molecule has 2 N–H and O–H groups in total. The van der Waals surface area contributed by atoms with Crippen LogP contribution in [0.5, 0.6) is 5.88 Å². The second kappa shape index (κ2) is 8.32. The Morgan fingerprint density at radius 3 is 3.06 bits per heavy atom. The van der Waals surface area contributed by atoms with Gasteiger partial charge in [-0.25, -0.2) is 14.8 Å². The zero-order valence-corrected chi connectivity index (χ0v) is 17.5. The third-order valence-electron chi connectivity index (χ3n) is 5.81. The van der Waals surface area contributed by atoms with Crippen molar-refractivity contribution in [1.82, 2.24) is 15.3 Å². The molecule has 4 heterocycles. The number of carbonyl (C=O) groups excluding carboxylic acids is 2. The Bertz CT molecular complexity index is 1030. The van der Waals surface area contributed by atoms with Crippen LogP contribution in [0.4, 0.5) is 16.2 Å². The molecular formula is C21H22ClN5O4. The molecule has 0 saturated carbocycles. The van der Waals surface area contributed by atoms with E-state index in [-0.39, 0.29) is 18.6 Å². The second-order valence-electron chi connectivity index (χ2n) is 8.01. The normalized spacial score (nSPS) is 21.9. The van der Waals surface area contributed by atoms with Crippen molar-refractivity contribution in [2.45, 2.75) is 25.4 Å². The Morgan fingerprint density at radius 1 is 1.29 bits per heavy atom. The molecule has 1 fully saturated rings. The predicted molar refractivity (Wildman–Crippen MR) is 114 cm³/mol. The summed E-state index contributed by atoms with van der Waals surface area (Å²) in [6.45, 7) is 2.00. The number of nitrogens with zero attached hydrogens (tertiary/aromatic N) is 3. The topological polar surface area (TPSA) is 106 Å². The largest absolute Gasteiger partial charge is 0.466 e. The van der Waals surface area contributed by atoms with Crippen LogP contribution >= 0.6 is 11.6 Å². The first-order chi connectivity index (χ1) is 15.1. The Kier molecular flexibility index (Phi) is 5.37. The number of hydrogen-bond acceptors (Lipinski definition) is 7. The van der Waals surface area contributed by atoms with Gasteiger partial charge in [-0.1, -0.05) is 11.6 Å². The van der Waals surface area contributed by atoms with E-state index in [1.807, 2.05) is 6.07 Å². The van der Waals surface area contributed by atoms with E-state index in [1.54, 1.807) is 18.5 Å². The Balaban J connectivity index is 1.10. The van der Waals surface area contributed by atoms with Crippen LogP contribution in [-0.4, -0.2) is 54.3 Å². The maximum atomic E-state index is 12.3. The number of halogens is 1. The third-order valence-corrected chi connectivity index (χ3v) is 6.14. The van der Waals surface area contributed by atoms with Gasteiger partial charge in [-0.2, -0.15) is 0 Å². The molecule has 5 rings (SSSR count). The van der Waals surface area contributed by atoms with Crippen LogP contribution in [0.2, 0.25) is 5.15 Å². The fourth-order valence-corrected chi connectivity index (χ4v) is 4.55. The monoisotopic (exact) mass is 443 g/mol. The molecule has 162 valence electrons. The fourth-order valence-electron chi connectivity index (χ4n) is 4.29. The number of nitrogens with one attached hydrogen (secondary N) is 2. The summed E-state index contributed by atoms with van der Waals surface area (Å²) in [5, 5.41) is 6.79. The SMILES string of the molecule is O=C1COc2ncc(N3CC(CCNCC4Cc5ccnc(Cl)c5C4)OC3=O)cc2N1. The summed E-state index contributed by atoms with van der Waals surface area (Å²) in [7, 11) is 0. The lowest BCUT2D eigenvalue weighted by atomic mass is 10.1. The number of anilines is 2. The van der Waals surface area contributed by atoms with E-state index in [1.165, 1.54) is 10.5 Å². The molecule has 3 aliphatic rings. The van der Waals surface area contributed by atoms with Crippen LogP contribution in [-0.2, 0) is 22.4 Å². The van der Waals surface area contributed by atoms with E-state index in [0.717, 1.165) is 31.5 Å². The molecule has 0 radical (unpaired) electrons. The highest BCUT2D eigenvalue weighted by Gasteiger charge is 2.33. The van der Waals surface area contributed by atoms with Gasteiger partial charge in [0.05, 0.1) is 18.4 Å². The molecule has 1 saturated heterocycles. The predicted octanol–water partition coefficient (Wildman–Crippen LogP) is 2.18. The lowest BCUT2D eigenvalue weighted by Crippen LogP contribution is -2.29. The van der Waals surface area contributed by atoms with Crippen molar-refractivity contribution in [2.75, 3.05) is 36.5 Å². The zero-order valence-electron chi connectivity index (χ0n) is 16.8. The summed E-state index contributed by atoms with van der Waals surface area (Å²) < 4.78 is 10.8. The number of cyclic esters (lactones) is 1. The molecule has 31 heavy (non-hydrogen) atoms. The quantitative estimate of drug-likeness (QED) is 0.520. The number of rotatable bonds is 6. The highest BCUT2D eigenvalue weighted by atomic mass is 35.5. The molecule has 0 spiro atoms. The summed E-state index contributed by atoms with van der Waals surface area (Å²) >= 11 is 6.19. The van der Waals surface area contributed by atoms with E-state index in [0.29, 0.717) is 41.3 Å². The molecule has 0 aromatic carbocycles. The fraction of sp³-hybridized carbons (Fsp3) is 0.429. The van der Waals surface area contributed by atoms with Crippen LogP contribution in [0.1, 0.15) is 17.5 Å². The number of aromatic nitrogens is 2. The lowest BCUT2D eigenvalue weighted by molar-refractivity contribution is -0.118. The highest BCUT2D eigenvalue weighted by molar-refractivity contribution is 6.30.